The maximum absolute atomic E-state index is 13.1. The molecule has 0 aliphatic heterocycles. The topological polar surface area (TPSA) is 79.9 Å². The SMILES string of the molecule is CNC(=O)N(Cc1ccccc1)C[C@@H](O[Si](C)(C)C(C)(C)C)[C@H](CC1CCCCC1)NC(=O)OC(C)(C)C. The minimum absolute atomic E-state index is 0.0240. The van der Waals surface area contributed by atoms with Crippen LogP contribution in [0, 0.1) is 5.92 Å². The standard InChI is InChI=1S/C30H53N3O4Si/c1-29(2,3)36-28(35)32-25(20-23-16-12-10-13-17-23)26(37-38(8,9)30(4,5)6)22-33(27(34)31-7)21-24-18-14-11-15-19-24/h11,14-15,18-19,23,25-26H,10,12-13,16-17,20-22H2,1-9H3,(H,31,34)(H,32,35)/t25-,26+/m0/s1. The highest BCUT2D eigenvalue weighted by Gasteiger charge is 2.42. The molecule has 0 spiro atoms. The summed E-state index contributed by atoms with van der Waals surface area (Å²) in [4.78, 5) is 28.0. The highest BCUT2D eigenvalue weighted by Crippen LogP contribution is 2.38. The van der Waals surface area contributed by atoms with Crippen LogP contribution in [-0.4, -0.2) is 56.7 Å². The molecular weight excluding hydrogens is 494 g/mol. The highest BCUT2D eigenvalue weighted by atomic mass is 28.4. The Kier molecular flexibility index (Phi) is 11.7. The number of carbonyl (C=O) groups is 2. The number of benzene rings is 1. The summed E-state index contributed by atoms with van der Waals surface area (Å²) < 4.78 is 12.7. The van der Waals surface area contributed by atoms with Gasteiger partial charge in [-0.25, -0.2) is 9.59 Å². The molecule has 0 aromatic heterocycles. The van der Waals surface area contributed by atoms with Crippen molar-refractivity contribution >= 4 is 20.4 Å². The lowest BCUT2D eigenvalue weighted by molar-refractivity contribution is 0.0366. The van der Waals surface area contributed by atoms with Crippen molar-refractivity contribution in [3.05, 3.63) is 35.9 Å². The Morgan fingerprint density at radius 1 is 1.03 bits per heavy atom. The Labute approximate surface area is 232 Å². The van der Waals surface area contributed by atoms with E-state index in [-0.39, 0.29) is 23.2 Å². The lowest BCUT2D eigenvalue weighted by Gasteiger charge is -2.43. The van der Waals surface area contributed by atoms with Gasteiger partial charge in [0.05, 0.1) is 12.1 Å². The van der Waals surface area contributed by atoms with E-state index in [1.807, 2.05) is 51.1 Å². The molecule has 0 bridgehead atoms. The highest BCUT2D eigenvalue weighted by molar-refractivity contribution is 6.74. The zero-order valence-corrected chi connectivity index (χ0v) is 26.4. The van der Waals surface area contributed by atoms with Crippen molar-refractivity contribution in [3.63, 3.8) is 0 Å². The smallest absolute Gasteiger partial charge is 0.407 e. The molecule has 8 heteroatoms. The first-order valence-electron chi connectivity index (χ1n) is 14.3. The summed E-state index contributed by atoms with van der Waals surface area (Å²) in [6.45, 7) is 17.6. The molecule has 216 valence electrons. The minimum atomic E-state index is -2.25. The summed E-state index contributed by atoms with van der Waals surface area (Å²) in [6.07, 6.45) is 6.03. The van der Waals surface area contributed by atoms with Gasteiger partial charge >= 0.3 is 12.1 Å². The van der Waals surface area contributed by atoms with Gasteiger partial charge in [0.1, 0.15) is 5.60 Å². The Morgan fingerprint density at radius 3 is 2.16 bits per heavy atom. The molecule has 0 unspecified atom stereocenters. The lowest BCUT2D eigenvalue weighted by Crippen LogP contribution is -2.57. The van der Waals surface area contributed by atoms with Crippen LogP contribution in [0.2, 0.25) is 18.1 Å². The van der Waals surface area contributed by atoms with Gasteiger partial charge < -0.3 is 24.7 Å². The Hall–Kier alpha value is -2.06. The average molecular weight is 548 g/mol. The van der Waals surface area contributed by atoms with Crippen LogP contribution in [0.25, 0.3) is 0 Å². The molecule has 2 atom stereocenters. The van der Waals surface area contributed by atoms with Crippen LogP contribution in [0.3, 0.4) is 0 Å². The second-order valence-corrected chi connectivity index (χ2v) is 18.1. The molecule has 0 heterocycles. The molecule has 38 heavy (non-hydrogen) atoms. The third-order valence-corrected chi connectivity index (χ3v) is 12.3. The fourth-order valence-electron chi connectivity index (χ4n) is 4.74. The van der Waals surface area contributed by atoms with Gasteiger partial charge in [-0.1, -0.05) is 83.2 Å². The molecule has 7 nitrogen and oxygen atoms in total. The van der Waals surface area contributed by atoms with Crippen LogP contribution in [0.15, 0.2) is 30.3 Å². The van der Waals surface area contributed by atoms with Crippen molar-refractivity contribution in [2.24, 2.45) is 5.92 Å². The Morgan fingerprint density at radius 2 is 1.63 bits per heavy atom. The number of hydrogen-bond acceptors (Lipinski definition) is 4. The summed E-state index contributed by atoms with van der Waals surface area (Å²) in [5, 5.41) is 5.98. The van der Waals surface area contributed by atoms with Gasteiger partial charge in [-0.2, -0.15) is 0 Å². The van der Waals surface area contributed by atoms with E-state index in [0.29, 0.717) is 19.0 Å². The number of urea groups is 1. The van der Waals surface area contributed by atoms with Gasteiger partial charge in [-0.15, -0.1) is 0 Å². The number of amides is 3. The molecule has 1 fully saturated rings. The van der Waals surface area contributed by atoms with Crippen molar-refractivity contribution in [2.45, 2.75) is 122 Å². The van der Waals surface area contributed by atoms with Crippen LogP contribution in [0.1, 0.15) is 85.6 Å². The van der Waals surface area contributed by atoms with Crippen LogP contribution < -0.4 is 10.6 Å². The number of nitrogens with one attached hydrogen (secondary N) is 2. The van der Waals surface area contributed by atoms with Gasteiger partial charge in [0, 0.05) is 20.1 Å². The summed E-state index contributed by atoms with van der Waals surface area (Å²) >= 11 is 0. The molecule has 1 aliphatic carbocycles. The van der Waals surface area contributed by atoms with Crippen molar-refractivity contribution in [3.8, 4) is 0 Å². The molecule has 1 aromatic carbocycles. The molecule has 2 rings (SSSR count). The second-order valence-electron chi connectivity index (χ2n) is 13.3. The van der Waals surface area contributed by atoms with E-state index in [1.165, 1.54) is 19.3 Å². The summed E-state index contributed by atoms with van der Waals surface area (Å²) in [6, 6.07) is 9.56. The zero-order valence-electron chi connectivity index (χ0n) is 25.4. The first kappa shape index (κ1) is 32.2. The predicted octanol–water partition coefficient (Wildman–Crippen LogP) is 7.08. The second kappa shape index (κ2) is 13.8. The Balaban J connectivity index is 2.44. The minimum Gasteiger partial charge on any atom is -0.444 e. The molecule has 2 N–H and O–H groups in total. The number of hydrogen-bond donors (Lipinski definition) is 2. The summed E-state index contributed by atoms with van der Waals surface area (Å²) in [5.74, 6) is 0.511. The third kappa shape index (κ3) is 10.6. The van der Waals surface area contributed by atoms with Crippen LogP contribution >= 0.6 is 0 Å². The van der Waals surface area contributed by atoms with E-state index in [4.69, 9.17) is 9.16 Å². The predicted molar refractivity (Wildman–Crippen MR) is 158 cm³/mol. The molecular formula is C30H53N3O4Si. The monoisotopic (exact) mass is 547 g/mol. The van der Waals surface area contributed by atoms with Crippen LogP contribution in [-0.2, 0) is 15.7 Å². The third-order valence-electron chi connectivity index (χ3n) is 7.83. The van der Waals surface area contributed by atoms with Crippen molar-refractivity contribution in [1.29, 1.82) is 0 Å². The van der Waals surface area contributed by atoms with Gasteiger partial charge in [0.15, 0.2) is 8.32 Å². The summed E-state index contributed by atoms with van der Waals surface area (Å²) in [7, 11) is -0.593. The van der Waals surface area contributed by atoms with Gasteiger partial charge in [-0.3, -0.25) is 0 Å². The molecule has 0 radical (unpaired) electrons. The average Bonchev–Trinajstić information content (AvgIpc) is 2.81. The quantitative estimate of drug-likeness (QED) is 0.307. The summed E-state index contributed by atoms with van der Waals surface area (Å²) in [5.41, 5.74) is 0.447. The molecule has 1 saturated carbocycles. The first-order chi connectivity index (χ1) is 17.6. The number of alkyl carbamates (subject to hydrolysis) is 1. The normalized spacial score (nSPS) is 16.9. The van der Waals surface area contributed by atoms with Crippen LogP contribution in [0.5, 0.6) is 0 Å². The van der Waals surface area contributed by atoms with Gasteiger partial charge in [0.2, 0.25) is 0 Å². The van der Waals surface area contributed by atoms with E-state index in [9.17, 15) is 9.59 Å². The molecule has 1 aliphatic rings. The maximum Gasteiger partial charge on any atom is 0.407 e. The fourth-order valence-corrected chi connectivity index (χ4v) is 6.09. The van der Waals surface area contributed by atoms with E-state index >= 15 is 0 Å². The van der Waals surface area contributed by atoms with E-state index in [1.54, 1.807) is 11.9 Å². The number of rotatable bonds is 10. The van der Waals surface area contributed by atoms with E-state index < -0.39 is 20.0 Å². The zero-order chi connectivity index (χ0) is 28.6. The Bertz CT molecular complexity index is 874. The van der Waals surface area contributed by atoms with Crippen molar-refractivity contribution < 1.29 is 18.8 Å². The molecule has 0 saturated heterocycles. The number of carbonyl (C=O) groups excluding carboxylic acids is 2. The fraction of sp³-hybridized carbons (Fsp3) is 0.733. The van der Waals surface area contributed by atoms with Crippen molar-refractivity contribution in [2.75, 3.05) is 13.6 Å². The van der Waals surface area contributed by atoms with Crippen LogP contribution in [0.4, 0.5) is 9.59 Å². The van der Waals surface area contributed by atoms with E-state index in [2.05, 4.69) is 44.5 Å². The maximum atomic E-state index is 13.1. The van der Waals surface area contributed by atoms with Crippen molar-refractivity contribution in [1.82, 2.24) is 15.5 Å². The molecule has 3 amide bonds. The molecule has 1 aromatic rings. The number of nitrogens with zero attached hydrogens (tertiary/aromatic N) is 1. The number of ether oxygens (including phenoxy) is 1. The van der Waals surface area contributed by atoms with E-state index in [0.717, 1.165) is 24.8 Å². The lowest BCUT2D eigenvalue weighted by atomic mass is 9.83. The van der Waals surface area contributed by atoms with Gasteiger partial charge in [0.25, 0.3) is 0 Å². The first-order valence-corrected chi connectivity index (χ1v) is 17.2. The largest absolute Gasteiger partial charge is 0.444 e. The van der Waals surface area contributed by atoms with Gasteiger partial charge in [-0.05, 0) is 56.8 Å².